The molecule has 1 fully saturated rings. The number of nitrogens with zero attached hydrogens (tertiary/aromatic N) is 2. The Kier molecular flexibility index (Phi) is 6.12. The molecule has 3 rings (SSSR count). The quantitative estimate of drug-likeness (QED) is 0.614. The Bertz CT molecular complexity index is 784. The average Bonchev–Trinajstić information content (AvgIpc) is 3.19. The molecule has 1 aliphatic heterocycles. The van der Waals surface area contributed by atoms with Crippen molar-refractivity contribution < 1.29 is 9.53 Å². The molecule has 5 nitrogen and oxygen atoms in total. The maximum atomic E-state index is 12.2. The van der Waals surface area contributed by atoms with Gasteiger partial charge in [0.05, 0.1) is 12.8 Å². The Balaban J connectivity index is 1.63. The van der Waals surface area contributed by atoms with Crippen LogP contribution in [0.1, 0.15) is 35.7 Å². The summed E-state index contributed by atoms with van der Waals surface area (Å²) in [6.45, 7) is 4.61. The van der Waals surface area contributed by atoms with Gasteiger partial charge in [-0.25, -0.2) is 5.43 Å². The lowest BCUT2D eigenvalue weighted by Crippen LogP contribution is -2.19. The van der Waals surface area contributed by atoms with E-state index in [1.807, 2.05) is 31.2 Å². The molecular formula is C20H22ClN3O2. The summed E-state index contributed by atoms with van der Waals surface area (Å²) in [6, 6.07) is 12.9. The number of hydrogen-bond donors (Lipinski definition) is 1. The third kappa shape index (κ3) is 4.55. The van der Waals surface area contributed by atoms with Gasteiger partial charge in [0.25, 0.3) is 5.91 Å². The summed E-state index contributed by atoms with van der Waals surface area (Å²) in [6.07, 6.45) is 3.99. The first-order valence-electron chi connectivity index (χ1n) is 8.78. The van der Waals surface area contributed by atoms with E-state index < -0.39 is 0 Å². The number of nitrogens with one attached hydrogen (secondary N) is 1. The number of ether oxygens (including phenoxy) is 1. The second-order valence-electron chi connectivity index (χ2n) is 6.06. The fourth-order valence-corrected chi connectivity index (χ4v) is 3.11. The molecule has 6 heteroatoms. The van der Waals surface area contributed by atoms with Gasteiger partial charge in [0.2, 0.25) is 0 Å². The highest BCUT2D eigenvalue weighted by molar-refractivity contribution is 6.30. The molecule has 2 aromatic carbocycles. The van der Waals surface area contributed by atoms with Crippen LogP contribution >= 0.6 is 11.6 Å². The van der Waals surface area contributed by atoms with E-state index in [-0.39, 0.29) is 5.91 Å². The van der Waals surface area contributed by atoms with Gasteiger partial charge in [0.1, 0.15) is 5.75 Å². The smallest absolute Gasteiger partial charge is 0.271 e. The van der Waals surface area contributed by atoms with E-state index in [9.17, 15) is 4.79 Å². The molecule has 0 bridgehead atoms. The Morgan fingerprint density at radius 2 is 1.96 bits per heavy atom. The monoisotopic (exact) mass is 371 g/mol. The second-order valence-corrected chi connectivity index (χ2v) is 6.49. The maximum absolute atomic E-state index is 12.2. The number of hydrazone groups is 1. The predicted molar refractivity (Wildman–Crippen MR) is 106 cm³/mol. The molecule has 1 amide bonds. The molecule has 2 aromatic rings. The van der Waals surface area contributed by atoms with Gasteiger partial charge in [0.15, 0.2) is 0 Å². The van der Waals surface area contributed by atoms with Crippen LogP contribution in [-0.2, 0) is 0 Å². The van der Waals surface area contributed by atoms with Crippen LogP contribution in [0.4, 0.5) is 5.69 Å². The van der Waals surface area contributed by atoms with Crippen molar-refractivity contribution in [3.05, 3.63) is 58.6 Å². The molecular weight excluding hydrogens is 350 g/mol. The molecule has 1 heterocycles. The van der Waals surface area contributed by atoms with Crippen LogP contribution in [0.5, 0.6) is 5.75 Å². The zero-order valence-corrected chi connectivity index (χ0v) is 15.5. The zero-order chi connectivity index (χ0) is 18.4. The summed E-state index contributed by atoms with van der Waals surface area (Å²) >= 11 is 6.01. The van der Waals surface area contributed by atoms with Crippen molar-refractivity contribution in [2.24, 2.45) is 5.10 Å². The van der Waals surface area contributed by atoms with Gasteiger partial charge in [-0.1, -0.05) is 11.6 Å². The van der Waals surface area contributed by atoms with E-state index >= 15 is 0 Å². The minimum Gasteiger partial charge on any atom is -0.493 e. The number of halogens is 1. The topological polar surface area (TPSA) is 53.9 Å². The lowest BCUT2D eigenvalue weighted by atomic mass is 10.2. The minimum absolute atomic E-state index is 0.255. The molecule has 1 N–H and O–H groups in total. The summed E-state index contributed by atoms with van der Waals surface area (Å²) < 4.78 is 5.53. The summed E-state index contributed by atoms with van der Waals surface area (Å²) in [5.74, 6) is 0.416. The number of amides is 1. The molecule has 1 saturated heterocycles. The van der Waals surface area contributed by atoms with Crippen LogP contribution < -0.4 is 15.1 Å². The summed E-state index contributed by atoms with van der Waals surface area (Å²) in [4.78, 5) is 14.6. The van der Waals surface area contributed by atoms with Crippen LogP contribution in [0.25, 0.3) is 0 Å². The van der Waals surface area contributed by atoms with E-state index in [1.54, 1.807) is 18.2 Å². The van der Waals surface area contributed by atoms with Crippen LogP contribution in [0, 0.1) is 0 Å². The zero-order valence-electron chi connectivity index (χ0n) is 14.7. The van der Waals surface area contributed by atoms with Crippen molar-refractivity contribution in [3.63, 3.8) is 0 Å². The van der Waals surface area contributed by atoms with Crippen LogP contribution in [0.2, 0.25) is 5.02 Å². The van der Waals surface area contributed by atoms with Crippen LogP contribution in [0.3, 0.4) is 0 Å². The lowest BCUT2D eigenvalue weighted by molar-refractivity contribution is 0.0955. The summed E-state index contributed by atoms with van der Waals surface area (Å²) in [7, 11) is 0. The molecule has 1 aliphatic rings. The third-order valence-corrected chi connectivity index (χ3v) is 4.48. The van der Waals surface area contributed by atoms with Gasteiger partial charge >= 0.3 is 0 Å². The molecule has 0 radical (unpaired) electrons. The Morgan fingerprint density at radius 1 is 1.23 bits per heavy atom. The predicted octanol–water partition coefficient (Wildman–Crippen LogP) is 4.10. The summed E-state index contributed by atoms with van der Waals surface area (Å²) in [5.41, 5.74) is 4.98. The molecule has 0 atom stereocenters. The third-order valence-electron chi connectivity index (χ3n) is 4.24. The first-order chi connectivity index (χ1) is 12.7. The molecule has 0 aromatic heterocycles. The highest BCUT2D eigenvalue weighted by Crippen LogP contribution is 2.22. The molecule has 0 saturated carbocycles. The van der Waals surface area contributed by atoms with E-state index in [0.717, 1.165) is 18.8 Å². The molecule has 136 valence electrons. The van der Waals surface area contributed by atoms with Crippen LogP contribution in [0.15, 0.2) is 47.6 Å². The molecule has 0 unspecified atom stereocenters. The first kappa shape index (κ1) is 18.3. The van der Waals surface area contributed by atoms with Crippen molar-refractivity contribution in [1.82, 2.24) is 5.43 Å². The largest absolute Gasteiger partial charge is 0.493 e. The minimum atomic E-state index is -0.255. The first-order valence-corrected chi connectivity index (χ1v) is 9.16. The van der Waals surface area contributed by atoms with Crippen molar-refractivity contribution >= 4 is 29.4 Å². The Hall–Kier alpha value is -2.53. The SMILES string of the molecule is CCOc1ccc(Cl)cc1/C=N\NC(=O)c1ccc(N2CCCC2)cc1. The molecule has 26 heavy (non-hydrogen) atoms. The van der Waals surface area contributed by atoms with Crippen molar-refractivity contribution in [1.29, 1.82) is 0 Å². The van der Waals surface area contributed by atoms with Crippen molar-refractivity contribution in [3.8, 4) is 5.75 Å². The highest BCUT2D eigenvalue weighted by Gasteiger charge is 2.13. The van der Waals surface area contributed by atoms with Gasteiger partial charge in [-0.05, 0) is 62.2 Å². The van der Waals surface area contributed by atoms with E-state index in [1.165, 1.54) is 19.1 Å². The van der Waals surface area contributed by atoms with E-state index in [0.29, 0.717) is 28.5 Å². The number of hydrogen-bond acceptors (Lipinski definition) is 4. The van der Waals surface area contributed by atoms with Crippen molar-refractivity contribution in [2.45, 2.75) is 19.8 Å². The molecule has 0 spiro atoms. The number of carbonyl (C=O) groups is 1. The van der Waals surface area contributed by atoms with E-state index in [2.05, 4.69) is 15.4 Å². The number of benzene rings is 2. The Morgan fingerprint density at radius 3 is 2.65 bits per heavy atom. The van der Waals surface area contributed by atoms with Gasteiger partial charge in [0, 0.05) is 34.9 Å². The number of anilines is 1. The van der Waals surface area contributed by atoms with Gasteiger partial charge in [-0.2, -0.15) is 5.10 Å². The van der Waals surface area contributed by atoms with E-state index in [4.69, 9.17) is 16.3 Å². The summed E-state index contributed by atoms with van der Waals surface area (Å²) in [5, 5.41) is 4.61. The number of carbonyl (C=O) groups excluding carboxylic acids is 1. The second kappa shape index (κ2) is 8.72. The van der Waals surface area contributed by atoms with Gasteiger partial charge in [-0.15, -0.1) is 0 Å². The van der Waals surface area contributed by atoms with Gasteiger partial charge in [-0.3, -0.25) is 4.79 Å². The standard InChI is InChI=1S/C20H22ClN3O2/c1-2-26-19-10-7-17(21)13-16(19)14-22-23-20(25)15-5-8-18(9-6-15)24-11-3-4-12-24/h5-10,13-14H,2-4,11-12H2,1H3,(H,23,25)/b22-14-. The van der Waals surface area contributed by atoms with Crippen LogP contribution in [-0.4, -0.2) is 31.8 Å². The maximum Gasteiger partial charge on any atom is 0.271 e. The van der Waals surface area contributed by atoms with Gasteiger partial charge < -0.3 is 9.64 Å². The number of rotatable bonds is 6. The fourth-order valence-electron chi connectivity index (χ4n) is 2.93. The normalized spacial score (nSPS) is 14.0. The molecule has 0 aliphatic carbocycles. The lowest BCUT2D eigenvalue weighted by Gasteiger charge is -2.17. The average molecular weight is 372 g/mol. The fraction of sp³-hybridized carbons (Fsp3) is 0.300. The van der Waals surface area contributed by atoms with Crippen molar-refractivity contribution in [2.75, 3.05) is 24.6 Å². The Labute approximate surface area is 158 Å². The highest BCUT2D eigenvalue weighted by atomic mass is 35.5.